The predicted octanol–water partition coefficient (Wildman–Crippen LogP) is 4.41. The number of anilines is 1. The smallest absolute Gasteiger partial charge is 0.410 e. The summed E-state index contributed by atoms with van der Waals surface area (Å²) in [5.74, 6) is -0.0976. The zero-order valence-corrected chi connectivity index (χ0v) is 15.1. The molecule has 0 atom stereocenters. The standard InChI is InChI=1S/C20H18N2O3S/c1-13-16-4-2-3-5-17(16)26-18(13)19(23)21-15-8-6-14(7-9-15)12-22-10-11-25-20(22)24/h2-9H,10-12H2,1H3,(H,21,23). The minimum Gasteiger partial charge on any atom is -0.448 e. The van der Waals surface area contributed by atoms with Crippen LogP contribution >= 0.6 is 11.3 Å². The Morgan fingerprint density at radius 2 is 1.96 bits per heavy atom. The fourth-order valence-electron chi connectivity index (χ4n) is 3.06. The molecule has 5 nitrogen and oxygen atoms in total. The van der Waals surface area contributed by atoms with Crippen molar-refractivity contribution < 1.29 is 14.3 Å². The van der Waals surface area contributed by atoms with Gasteiger partial charge in [0, 0.05) is 16.9 Å². The molecular formula is C20H18N2O3S. The summed E-state index contributed by atoms with van der Waals surface area (Å²) in [5, 5.41) is 4.08. The maximum absolute atomic E-state index is 12.6. The van der Waals surface area contributed by atoms with Crippen molar-refractivity contribution in [1.29, 1.82) is 0 Å². The molecule has 1 fully saturated rings. The Hall–Kier alpha value is -2.86. The zero-order chi connectivity index (χ0) is 18.1. The number of nitrogens with one attached hydrogen (secondary N) is 1. The molecule has 0 spiro atoms. The summed E-state index contributed by atoms with van der Waals surface area (Å²) in [6.45, 7) is 3.55. The third-order valence-corrected chi connectivity index (χ3v) is 5.75. The van der Waals surface area contributed by atoms with Crippen molar-refractivity contribution in [3.8, 4) is 0 Å². The summed E-state index contributed by atoms with van der Waals surface area (Å²) in [5.41, 5.74) is 2.74. The number of hydrogen-bond acceptors (Lipinski definition) is 4. The average Bonchev–Trinajstić information content (AvgIpc) is 3.20. The molecule has 0 unspecified atom stereocenters. The molecule has 2 aromatic carbocycles. The largest absolute Gasteiger partial charge is 0.448 e. The number of cyclic esters (lactones) is 1. The van der Waals surface area contributed by atoms with Crippen molar-refractivity contribution in [2.24, 2.45) is 0 Å². The average molecular weight is 366 g/mol. The molecule has 3 aromatic rings. The van der Waals surface area contributed by atoms with Crippen LogP contribution in [0.5, 0.6) is 0 Å². The molecule has 0 radical (unpaired) electrons. The summed E-state index contributed by atoms with van der Waals surface area (Å²) < 4.78 is 6.04. The highest BCUT2D eigenvalue weighted by Gasteiger charge is 2.21. The number of thiophene rings is 1. The van der Waals surface area contributed by atoms with E-state index >= 15 is 0 Å². The molecule has 1 aliphatic heterocycles. The number of amides is 2. The van der Waals surface area contributed by atoms with Gasteiger partial charge < -0.3 is 15.0 Å². The fraction of sp³-hybridized carbons (Fsp3) is 0.200. The molecule has 132 valence electrons. The van der Waals surface area contributed by atoms with Gasteiger partial charge in [-0.25, -0.2) is 4.79 Å². The minimum atomic E-state index is -0.275. The predicted molar refractivity (Wildman–Crippen MR) is 103 cm³/mol. The first-order valence-electron chi connectivity index (χ1n) is 8.42. The minimum absolute atomic E-state index is 0.0976. The van der Waals surface area contributed by atoms with Gasteiger partial charge in [-0.15, -0.1) is 11.3 Å². The lowest BCUT2D eigenvalue weighted by Crippen LogP contribution is -2.23. The van der Waals surface area contributed by atoms with Crippen LogP contribution in [0, 0.1) is 6.92 Å². The number of carbonyl (C=O) groups is 2. The van der Waals surface area contributed by atoms with Crippen molar-refractivity contribution in [2.75, 3.05) is 18.5 Å². The van der Waals surface area contributed by atoms with Gasteiger partial charge in [-0.2, -0.15) is 0 Å². The molecule has 1 aliphatic rings. The Kier molecular flexibility index (Phi) is 4.34. The number of aryl methyl sites for hydroxylation is 1. The Morgan fingerprint density at radius 1 is 1.19 bits per heavy atom. The van der Waals surface area contributed by atoms with Crippen molar-refractivity contribution >= 4 is 39.1 Å². The molecular weight excluding hydrogens is 348 g/mol. The second-order valence-corrected chi connectivity index (χ2v) is 7.29. The normalized spacial score (nSPS) is 13.9. The van der Waals surface area contributed by atoms with Crippen LogP contribution in [0.2, 0.25) is 0 Å². The third-order valence-electron chi connectivity index (χ3n) is 4.48. The Balaban J connectivity index is 1.47. The van der Waals surface area contributed by atoms with Crippen LogP contribution in [0.3, 0.4) is 0 Å². The molecule has 6 heteroatoms. The topological polar surface area (TPSA) is 58.6 Å². The van der Waals surface area contributed by atoms with Crippen LogP contribution in [-0.2, 0) is 11.3 Å². The number of carbonyl (C=O) groups excluding carboxylic acids is 2. The Morgan fingerprint density at radius 3 is 2.65 bits per heavy atom. The van der Waals surface area contributed by atoms with Gasteiger partial charge >= 0.3 is 6.09 Å². The molecule has 0 saturated carbocycles. The highest BCUT2D eigenvalue weighted by molar-refractivity contribution is 7.21. The Bertz CT molecular complexity index is 978. The van der Waals surface area contributed by atoms with Crippen LogP contribution in [0.1, 0.15) is 20.8 Å². The van der Waals surface area contributed by atoms with Crippen molar-refractivity contribution in [3.05, 3.63) is 64.5 Å². The highest BCUT2D eigenvalue weighted by atomic mass is 32.1. The van der Waals surface area contributed by atoms with Gasteiger partial charge in [-0.05, 0) is 41.6 Å². The molecule has 2 heterocycles. The summed E-state index contributed by atoms with van der Waals surface area (Å²) in [6, 6.07) is 15.6. The van der Waals surface area contributed by atoms with Crippen LogP contribution in [0.15, 0.2) is 48.5 Å². The molecule has 2 amide bonds. The number of ether oxygens (including phenoxy) is 1. The quantitative estimate of drug-likeness (QED) is 0.744. The molecule has 1 saturated heterocycles. The maximum Gasteiger partial charge on any atom is 0.410 e. The van der Waals surface area contributed by atoms with E-state index in [1.165, 1.54) is 11.3 Å². The number of hydrogen-bond donors (Lipinski definition) is 1. The first-order chi connectivity index (χ1) is 12.6. The molecule has 4 rings (SSSR count). The van der Waals surface area contributed by atoms with E-state index in [1.807, 2.05) is 55.5 Å². The van der Waals surface area contributed by atoms with Crippen LogP contribution < -0.4 is 5.32 Å². The number of nitrogens with zero attached hydrogens (tertiary/aromatic N) is 1. The van der Waals surface area contributed by atoms with Crippen molar-refractivity contribution in [1.82, 2.24) is 4.90 Å². The van der Waals surface area contributed by atoms with Crippen molar-refractivity contribution in [2.45, 2.75) is 13.5 Å². The van der Waals surface area contributed by atoms with E-state index in [4.69, 9.17) is 4.74 Å². The summed E-state index contributed by atoms with van der Waals surface area (Å²) in [6.07, 6.45) is -0.275. The molecule has 0 bridgehead atoms. The van der Waals surface area contributed by atoms with Gasteiger partial charge in [0.15, 0.2) is 0 Å². The third kappa shape index (κ3) is 3.15. The lowest BCUT2D eigenvalue weighted by molar-refractivity contribution is 0.103. The SMILES string of the molecule is Cc1c(C(=O)Nc2ccc(CN3CCOC3=O)cc2)sc2ccccc12. The lowest BCUT2D eigenvalue weighted by Gasteiger charge is -2.13. The summed E-state index contributed by atoms with van der Waals surface area (Å²) in [7, 11) is 0. The van der Waals surface area contributed by atoms with Gasteiger partial charge in [0.2, 0.25) is 0 Å². The molecule has 1 aromatic heterocycles. The molecule has 0 aliphatic carbocycles. The van der Waals surface area contributed by atoms with Gasteiger partial charge in [0.05, 0.1) is 11.4 Å². The molecule has 26 heavy (non-hydrogen) atoms. The van der Waals surface area contributed by atoms with E-state index in [9.17, 15) is 9.59 Å². The first kappa shape index (κ1) is 16.6. The van der Waals surface area contributed by atoms with Gasteiger partial charge in [0.1, 0.15) is 6.61 Å². The molecule has 1 N–H and O–H groups in total. The maximum atomic E-state index is 12.6. The van der Waals surface area contributed by atoms with Crippen molar-refractivity contribution in [3.63, 3.8) is 0 Å². The Labute approximate surface area is 155 Å². The second kappa shape index (κ2) is 6.80. The van der Waals surface area contributed by atoms with Gasteiger partial charge in [0.25, 0.3) is 5.91 Å². The highest BCUT2D eigenvalue weighted by Crippen LogP contribution is 2.31. The van der Waals surface area contributed by atoms with E-state index in [-0.39, 0.29) is 12.0 Å². The summed E-state index contributed by atoms with van der Waals surface area (Å²) >= 11 is 1.51. The van der Waals surface area contributed by atoms with E-state index in [0.717, 1.165) is 31.8 Å². The van der Waals surface area contributed by atoms with Crippen LogP contribution in [0.4, 0.5) is 10.5 Å². The van der Waals surface area contributed by atoms with E-state index in [0.29, 0.717) is 19.7 Å². The first-order valence-corrected chi connectivity index (χ1v) is 9.23. The number of fused-ring (bicyclic) bond motifs is 1. The number of rotatable bonds is 4. The lowest BCUT2D eigenvalue weighted by atomic mass is 10.1. The number of benzene rings is 2. The van der Waals surface area contributed by atoms with E-state index in [1.54, 1.807) is 4.90 Å². The summed E-state index contributed by atoms with van der Waals surface area (Å²) in [4.78, 5) is 26.5. The van der Waals surface area contributed by atoms with Crippen LogP contribution in [-0.4, -0.2) is 30.1 Å². The second-order valence-electron chi connectivity index (χ2n) is 6.24. The van der Waals surface area contributed by atoms with Gasteiger partial charge in [-0.1, -0.05) is 30.3 Å². The fourth-order valence-corrected chi connectivity index (χ4v) is 4.17. The van der Waals surface area contributed by atoms with E-state index in [2.05, 4.69) is 5.32 Å². The van der Waals surface area contributed by atoms with Gasteiger partial charge in [-0.3, -0.25) is 4.79 Å². The zero-order valence-electron chi connectivity index (χ0n) is 14.3. The van der Waals surface area contributed by atoms with E-state index < -0.39 is 0 Å². The monoisotopic (exact) mass is 366 g/mol. The van der Waals surface area contributed by atoms with Crippen LogP contribution in [0.25, 0.3) is 10.1 Å².